The van der Waals surface area contributed by atoms with Crippen LogP contribution in [0.25, 0.3) is 0 Å². The molecule has 0 bridgehead atoms. The highest BCUT2D eigenvalue weighted by Gasteiger charge is 1.92. The van der Waals surface area contributed by atoms with Gasteiger partial charge in [0.2, 0.25) is 0 Å². The van der Waals surface area contributed by atoms with Crippen LogP contribution in [0.2, 0.25) is 0 Å². The normalized spacial score (nSPS) is 10.1. The summed E-state index contributed by atoms with van der Waals surface area (Å²) in [6, 6.07) is 4.27. The lowest BCUT2D eigenvalue weighted by Gasteiger charge is -2.01. The van der Waals surface area contributed by atoms with E-state index >= 15 is 0 Å². The SMILES string of the molecule is C=C(C)CNCCc1cccs1. The average molecular weight is 181 g/mol. The van der Waals surface area contributed by atoms with Crippen molar-refractivity contribution in [2.45, 2.75) is 13.3 Å². The van der Waals surface area contributed by atoms with Gasteiger partial charge in [-0.3, -0.25) is 0 Å². The van der Waals surface area contributed by atoms with Gasteiger partial charge >= 0.3 is 0 Å². The van der Waals surface area contributed by atoms with Gasteiger partial charge in [-0.2, -0.15) is 0 Å². The standard InChI is InChI=1S/C10H15NS/c1-9(2)8-11-6-5-10-4-3-7-12-10/h3-4,7,11H,1,5-6,8H2,2H3. The predicted molar refractivity (Wildman–Crippen MR) is 55.7 cm³/mol. The molecule has 0 atom stereocenters. The van der Waals surface area contributed by atoms with Gasteiger partial charge in [0, 0.05) is 18.0 Å². The number of hydrogen-bond acceptors (Lipinski definition) is 2. The Kier molecular flexibility index (Phi) is 4.05. The molecular weight excluding hydrogens is 166 g/mol. The second-order valence-corrected chi connectivity index (χ2v) is 4.00. The molecule has 12 heavy (non-hydrogen) atoms. The van der Waals surface area contributed by atoms with Crippen LogP contribution in [-0.2, 0) is 6.42 Å². The van der Waals surface area contributed by atoms with E-state index in [0.29, 0.717) is 0 Å². The predicted octanol–water partition coefficient (Wildman–Crippen LogP) is 2.46. The molecule has 0 radical (unpaired) electrons. The van der Waals surface area contributed by atoms with Crippen LogP contribution in [0, 0.1) is 0 Å². The van der Waals surface area contributed by atoms with Gasteiger partial charge in [0.1, 0.15) is 0 Å². The van der Waals surface area contributed by atoms with Gasteiger partial charge in [-0.1, -0.05) is 18.2 Å². The van der Waals surface area contributed by atoms with Gasteiger partial charge < -0.3 is 5.32 Å². The summed E-state index contributed by atoms with van der Waals surface area (Å²) in [4.78, 5) is 1.45. The summed E-state index contributed by atoms with van der Waals surface area (Å²) in [7, 11) is 0. The largest absolute Gasteiger partial charge is 0.313 e. The molecule has 0 fully saturated rings. The van der Waals surface area contributed by atoms with E-state index < -0.39 is 0 Å². The summed E-state index contributed by atoms with van der Waals surface area (Å²) in [6.07, 6.45) is 1.13. The molecule has 0 aliphatic rings. The lowest BCUT2D eigenvalue weighted by molar-refractivity contribution is 0.733. The lowest BCUT2D eigenvalue weighted by atomic mass is 10.3. The van der Waals surface area contributed by atoms with Gasteiger partial charge in [-0.05, 0) is 24.8 Å². The van der Waals surface area contributed by atoms with Crippen molar-refractivity contribution in [3.05, 3.63) is 34.5 Å². The molecular formula is C10H15NS. The molecule has 0 unspecified atom stereocenters. The molecule has 0 aromatic carbocycles. The third-order valence-corrected chi connectivity index (χ3v) is 2.49. The molecule has 2 heteroatoms. The van der Waals surface area contributed by atoms with Crippen LogP contribution in [0.15, 0.2) is 29.7 Å². The molecule has 1 rings (SSSR count). The van der Waals surface area contributed by atoms with E-state index in [1.54, 1.807) is 0 Å². The van der Waals surface area contributed by atoms with Crippen molar-refractivity contribution < 1.29 is 0 Å². The third-order valence-electron chi connectivity index (χ3n) is 1.56. The number of thiophene rings is 1. The summed E-state index contributed by atoms with van der Waals surface area (Å²) >= 11 is 1.82. The molecule has 0 saturated heterocycles. The topological polar surface area (TPSA) is 12.0 Å². The van der Waals surface area contributed by atoms with E-state index in [1.807, 2.05) is 18.3 Å². The molecule has 1 nitrogen and oxygen atoms in total. The van der Waals surface area contributed by atoms with Crippen molar-refractivity contribution in [2.75, 3.05) is 13.1 Å². The summed E-state index contributed by atoms with van der Waals surface area (Å²) in [5.74, 6) is 0. The fraction of sp³-hybridized carbons (Fsp3) is 0.400. The minimum Gasteiger partial charge on any atom is -0.313 e. The Balaban J connectivity index is 2.07. The van der Waals surface area contributed by atoms with Crippen LogP contribution in [0.3, 0.4) is 0 Å². The molecule has 1 N–H and O–H groups in total. The Bertz CT molecular complexity index is 226. The molecule has 66 valence electrons. The first kappa shape index (κ1) is 9.49. The molecule has 0 saturated carbocycles. The van der Waals surface area contributed by atoms with Gasteiger partial charge in [0.05, 0.1) is 0 Å². The van der Waals surface area contributed by atoms with E-state index in [4.69, 9.17) is 0 Å². The molecule has 1 aromatic heterocycles. The average Bonchev–Trinajstić information content (AvgIpc) is 2.49. The molecule has 1 heterocycles. The minimum atomic E-state index is 0.936. The zero-order chi connectivity index (χ0) is 8.81. The van der Waals surface area contributed by atoms with Gasteiger partial charge in [0.25, 0.3) is 0 Å². The smallest absolute Gasteiger partial charge is 0.0159 e. The maximum atomic E-state index is 3.83. The fourth-order valence-corrected chi connectivity index (χ4v) is 1.68. The van der Waals surface area contributed by atoms with Crippen molar-refractivity contribution in [1.29, 1.82) is 0 Å². The van der Waals surface area contributed by atoms with E-state index in [1.165, 1.54) is 10.5 Å². The van der Waals surface area contributed by atoms with Crippen LogP contribution in [-0.4, -0.2) is 13.1 Å². The molecule has 1 aromatic rings. The molecule has 0 spiro atoms. The van der Waals surface area contributed by atoms with Gasteiger partial charge in [-0.25, -0.2) is 0 Å². The first-order chi connectivity index (χ1) is 5.79. The number of hydrogen-bond donors (Lipinski definition) is 1. The monoisotopic (exact) mass is 181 g/mol. The Morgan fingerprint density at radius 1 is 1.67 bits per heavy atom. The van der Waals surface area contributed by atoms with Crippen LogP contribution >= 0.6 is 11.3 Å². The van der Waals surface area contributed by atoms with Gasteiger partial charge in [0.15, 0.2) is 0 Å². The van der Waals surface area contributed by atoms with Crippen LogP contribution < -0.4 is 5.32 Å². The summed E-state index contributed by atoms with van der Waals surface area (Å²) in [6.45, 7) is 7.85. The van der Waals surface area contributed by atoms with E-state index in [9.17, 15) is 0 Å². The highest BCUT2D eigenvalue weighted by Crippen LogP contribution is 2.07. The third kappa shape index (κ3) is 3.69. The molecule has 0 aliphatic heterocycles. The van der Waals surface area contributed by atoms with Crippen LogP contribution in [0.1, 0.15) is 11.8 Å². The maximum absolute atomic E-state index is 3.83. The van der Waals surface area contributed by atoms with Crippen LogP contribution in [0.4, 0.5) is 0 Å². The van der Waals surface area contributed by atoms with E-state index in [0.717, 1.165) is 19.5 Å². The zero-order valence-corrected chi connectivity index (χ0v) is 8.29. The highest BCUT2D eigenvalue weighted by atomic mass is 32.1. The Hall–Kier alpha value is -0.600. The van der Waals surface area contributed by atoms with Crippen molar-refractivity contribution in [3.8, 4) is 0 Å². The van der Waals surface area contributed by atoms with Crippen molar-refractivity contribution in [1.82, 2.24) is 5.32 Å². The molecule has 0 aliphatic carbocycles. The van der Waals surface area contributed by atoms with Gasteiger partial charge in [-0.15, -0.1) is 11.3 Å². The lowest BCUT2D eigenvalue weighted by Crippen LogP contribution is -2.18. The highest BCUT2D eigenvalue weighted by molar-refractivity contribution is 7.09. The fourth-order valence-electron chi connectivity index (χ4n) is 0.968. The second kappa shape index (κ2) is 5.12. The quantitative estimate of drug-likeness (QED) is 0.543. The number of rotatable bonds is 5. The van der Waals surface area contributed by atoms with Crippen molar-refractivity contribution in [3.63, 3.8) is 0 Å². The number of nitrogens with one attached hydrogen (secondary N) is 1. The second-order valence-electron chi connectivity index (χ2n) is 2.96. The van der Waals surface area contributed by atoms with E-state index in [2.05, 4.69) is 29.4 Å². The van der Waals surface area contributed by atoms with E-state index in [-0.39, 0.29) is 0 Å². The first-order valence-corrected chi connectivity index (χ1v) is 5.04. The Morgan fingerprint density at radius 2 is 2.50 bits per heavy atom. The molecule has 0 amide bonds. The Morgan fingerprint density at radius 3 is 3.08 bits per heavy atom. The van der Waals surface area contributed by atoms with Crippen LogP contribution in [0.5, 0.6) is 0 Å². The zero-order valence-electron chi connectivity index (χ0n) is 7.47. The first-order valence-electron chi connectivity index (χ1n) is 4.16. The van der Waals surface area contributed by atoms with Crippen molar-refractivity contribution in [2.24, 2.45) is 0 Å². The summed E-state index contributed by atoms with van der Waals surface area (Å²) in [5, 5.41) is 5.45. The van der Waals surface area contributed by atoms with Crippen molar-refractivity contribution >= 4 is 11.3 Å². The summed E-state index contributed by atoms with van der Waals surface area (Å²) in [5.41, 5.74) is 1.20. The maximum Gasteiger partial charge on any atom is 0.0159 e. The summed E-state index contributed by atoms with van der Waals surface area (Å²) < 4.78 is 0. The minimum absolute atomic E-state index is 0.936. The Labute approximate surface area is 78.1 Å².